The van der Waals surface area contributed by atoms with Crippen LogP contribution in [0.15, 0.2) is 30.3 Å². The van der Waals surface area contributed by atoms with Gasteiger partial charge in [0.05, 0.1) is 14.9 Å². The van der Waals surface area contributed by atoms with E-state index >= 15 is 0 Å². The molecule has 7 heteroatoms. The molecule has 0 radical (unpaired) electrons. The molecule has 0 saturated heterocycles. The van der Waals surface area contributed by atoms with E-state index in [2.05, 4.69) is 0 Å². The average molecular weight is 344 g/mol. The zero-order valence-electron chi connectivity index (χ0n) is 10.9. The van der Waals surface area contributed by atoms with Crippen LogP contribution in [0, 0.1) is 0 Å². The van der Waals surface area contributed by atoms with E-state index in [0.29, 0.717) is 20.7 Å². The van der Waals surface area contributed by atoms with Gasteiger partial charge in [-0.05, 0) is 36.8 Å². The van der Waals surface area contributed by atoms with Gasteiger partial charge in [-0.2, -0.15) is 5.90 Å². The fourth-order valence-corrected chi connectivity index (χ4v) is 2.95. The third-order valence-electron chi connectivity index (χ3n) is 2.85. The molecule has 2 aromatic rings. The second kappa shape index (κ2) is 6.49. The Morgan fingerprint density at radius 1 is 1.19 bits per heavy atom. The average Bonchev–Trinajstić information content (AvgIpc) is 2.92. The van der Waals surface area contributed by atoms with Crippen LogP contribution >= 0.6 is 34.5 Å². The normalized spacial score (nSPS) is 12.0. The van der Waals surface area contributed by atoms with Gasteiger partial charge in [0.1, 0.15) is 4.88 Å². The summed E-state index contributed by atoms with van der Waals surface area (Å²) in [6, 6.07) is 8.31. The van der Waals surface area contributed by atoms with Crippen LogP contribution in [-0.4, -0.2) is 11.1 Å². The second-order valence-corrected chi connectivity index (χ2v) is 6.07. The number of thiophene rings is 1. The molecule has 0 unspecified atom stereocenters. The Balaban J connectivity index is 2.49. The Labute approximate surface area is 135 Å². The van der Waals surface area contributed by atoms with Crippen LogP contribution in [0.2, 0.25) is 10.0 Å². The van der Waals surface area contributed by atoms with Crippen molar-refractivity contribution in [3.8, 4) is 0 Å². The SMILES string of the molecule is C/C(=C(\ON)c1ccc(C(=O)O)s1)c1ccc(Cl)c(Cl)c1. The van der Waals surface area contributed by atoms with Crippen molar-refractivity contribution in [3.05, 3.63) is 55.7 Å². The maximum Gasteiger partial charge on any atom is 0.345 e. The summed E-state index contributed by atoms with van der Waals surface area (Å²) in [6.07, 6.45) is 0. The Hall–Kier alpha value is -1.53. The van der Waals surface area contributed by atoms with E-state index < -0.39 is 5.97 Å². The Morgan fingerprint density at radius 2 is 1.86 bits per heavy atom. The molecule has 1 heterocycles. The summed E-state index contributed by atoms with van der Waals surface area (Å²) in [6.45, 7) is 1.81. The fourth-order valence-electron chi connectivity index (χ4n) is 1.77. The minimum Gasteiger partial charge on any atom is -0.477 e. The van der Waals surface area contributed by atoms with Gasteiger partial charge in [0.2, 0.25) is 0 Å². The quantitative estimate of drug-likeness (QED) is 0.631. The predicted octanol–water partition coefficient (Wildman–Crippen LogP) is 4.53. The Kier molecular flexibility index (Phi) is 4.90. The summed E-state index contributed by atoms with van der Waals surface area (Å²) >= 11 is 13.0. The van der Waals surface area contributed by atoms with Gasteiger partial charge in [-0.3, -0.25) is 0 Å². The van der Waals surface area contributed by atoms with Crippen LogP contribution in [0.25, 0.3) is 11.3 Å². The lowest BCUT2D eigenvalue weighted by Gasteiger charge is -2.09. The van der Waals surface area contributed by atoms with Gasteiger partial charge in [0, 0.05) is 5.57 Å². The number of allylic oxidation sites excluding steroid dienone is 1. The summed E-state index contributed by atoms with van der Waals surface area (Å²) < 4.78 is 0. The van der Waals surface area contributed by atoms with E-state index in [0.717, 1.165) is 22.5 Å². The van der Waals surface area contributed by atoms with Crippen molar-refractivity contribution in [3.63, 3.8) is 0 Å². The van der Waals surface area contributed by atoms with Crippen molar-refractivity contribution in [2.45, 2.75) is 6.92 Å². The molecule has 4 nitrogen and oxygen atoms in total. The molecule has 0 fully saturated rings. The molecule has 0 aliphatic carbocycles. The van der Waals surface area contributed by atoms with E-state index in [4.69, 9.17) is 39.0 Å². The van der Waals surface area contributed by atoms with Crippen LogP contribution in [0.4, 0.5) is 0 Å². The lowest BCUT2D eigenvalue weighted by molar-refractivity contribution is 0.0702. The number of benzene rings is 1. The molecule has 0 aliphatic rings. The Morgan fingerprint density at radius 3 is 2.38 bits per heavy atom. The largest absolute Gasteiger partial charge is 0.477 e. The molecule has 21 heavy (non-hydrogen) atoms. The number of hydrogen-bond donors (Lipinski definition) is 2. The molecule has 0 bridgehead atoms. The highest BCUT2D eigenvalue weighted by Gasteiger charge is 2.15. The number of aromatic carboxylic acids is 1. The summed E-state index contributed by atoms with van der Waals surface area (Å²) in [5.74, 6) is 4.74. The smallest absolute Gasteiger partial charge is 0.345 e. The van der Waals surface area contributed by atoms with Gasteiger partial charge in [-0.1, -0.05) is 29.3 Å². The van der Waals surface area contributed by atoms with Crippen LogP contribution in [0.5, 0.6) is 0 Å². The third kappa shape index (κ3) is 3.39. The topological polar surface area (TPSA) is 72.5 Å². The number of carboxylic acid groups (broad SMARTS) is 1. The highest BCUT2D eigenvalue weighted by molar-refractivity contribution is 7.15. The number of carboxylic acids is 1. The van der Waals surface area contributed by atoms with Crippen molar-refractivity contribution >= 4 is 51.8 Å². The standard InChI is InChI=1S/C14H11Cl2NO3S/c1-7(8-2-3-9(15)10(16)6-8)13(20-17)11-4-5-12(21-11)14(18)19/h2-6H,17H2,1H3,(H,18,19)/b13-7+. The summed E-state index contributed by atoms with van der Waals surface area (Å²) in [7, 11) is 0. The summed E-state index contributed by atoms with van der Waals surface area (Å²) in [5, 5.41) is 9.84. The number of nitrogens with two attached hydrogens (primary N) is 1. The first-order valence-electron chi connectivity index (χ1n) is 5.80. The molecule has 0 aliphatic heterocycles. The molecule has 1 aromatic heterocycles. The molecule has 110 valence electrons. The molecule has 0 spiro atoms. The lowest BCUT2D eigenvalue weighted by Crippen LogP contribution is -2.00. The first-order chi connectivity index (χ1) is 9.93. The van der Waals surface area contributed by atoms with Gasteiger partial charge in [-0.15, -0.1) is 11.3 Å². The van der Waals surface area contributed by atoms with E-state index in [9.17, 15) is 4.79 Å². The minimum atomic E-state index is -0.991. The van der Waals surface area contributed by atoms with Crippen LogP contribution in [0.1, 0.15) is 27.0 Å². The Bertz CT molecular complexity index is 725. The first kappa shape index (κ1) is 15.9. The maximum absolute atomic E-state index is 10.9. The van der Waals surface area contributed by atoms with Crippen LogP contribution < -0.4 is 5.90 Å². The molecule has 3 N–H and O–H groups in total. The van der Waals surface area contributed by atoms with Gasteiger partial charge < -0.3 is 9.94 Å². The lowest BCUT2D eigenvalue weighted by atomic mass is 10.1. The number of carbonyl (C=O) groups is 1. The van der Waals surface area contributed by atoms with E-state index in [1.807, 2.05) is 6.92 Å². The number of rotatable bonds is 4. The van der Waals surface area contributed by atoms with Gasteiger partial charge in [-0.25, -0.2) is 4.79 Å². The molecule has 2 rings (SSSR count). The highest BCUT2D eigenvalue weighted by atomic mass is 35.5. The van der Waals surface area contributed by atoms with E-state index in [1.54, 1.807) is 24.3 Å². The molecule has 0 atom stereocenters. The van der Waals surface area contributed by atoms with Gasteiger partial charge >= 0.3 is 5.97 Å². The van der Waals surface area contributed by atoms with Crippen molar-refractivity contribution < 1.29 is 14.7 Å². The summed E-state index contributed by atoms with van der Waals surface area (Å²) in [5.41, 5.74) is 1.52. The van der Waals surface area contributed by atoms with Crippen LogP contribution in [0.3, 0.4) is 0 Å². The van der Waals surface area contributed by atoms with E-state index in [-0.39, 0.29) is 4.88 Å². The number of halogens is 2. The van der Waals surface area contributed by atoms with Crippen molar-refractivity contribution in [2.24, 2.45) is 5.90 Å². The zero-order chi connectivity index (χ0) is 15.6. The molecule has 0 amide bonds. The molecule has 0 saturated carbocycles. The molecular formula is C14H11Cl2NO3S. The van der Waals surface area contributed by atoms with Gasteiger partial charge in [0.15, 0.2) is 5.76 Å². The third-order valence-corrected chi connectivity index (χ3v) is 4.66. The fraction of sp³-hybridized carbons (Fsp3) is 0.0714. The van der Waals surface area contributed by atoms with Crippen LogP contribution in [-0.2, 0) is 4.84 Å². The van der Waals surface area contributed by atoms with E-state index in [1.165, 1.54) is 6.07 Å². The predicted molar refractivity (Wildman–Crippen MR) is 85.5 cm³/mol. The van der Waals surface area contributed by atoms with Gasteiger partial charge in [0.25, 0.3) is 0 Å². The van der Waals surface area contributed by atoms with Crippen molar-refractivity contribution in [2.75, 3.05) is 0 Å². The molecular weight excluding hydrogens is 333 g/mol. The van der Waals surface area contributed by atoms with Crippen molar-refractivity contribution in [1.82, 2.24) is 0 Å². The summed E-state index contributed by atoms with van der Waals surface area (Å²) in [4.78, 5) is 16.7. The first-order valence-corrected chi connectivity index (χ1v) is 7.37. The second-order valence-electron chi connectivity index (χ2n) is 4.17. The minimum absolute atomic E-state index is 0.210. The maximum atomic E-state index is 10.9. The monoisotopic (exact) mass is 343 g/mol. The zero-order valence-corrected chi connectivity index (χ0v) is 13.2. The number of hydrogen-bond acceptors (Lipinski definition) is 4. The highest BCUT2D eigenvalue weighted by Crippen LogP contribution is 2.33. The van der Waals surface area contributed by atoms with Crippen molar-refractivity contribution in [1.29, 1.82) is 0 Å². The molecule has 1 aromatic carbocycles.